The first-order valence-electron chi connectivity index (χ1n) is 8.94. The minimum absolute atomic E-state index is 0.113. The van der Waals surface area contributed by atoms with E-state index in [1.165, 1.54) is 4.90 Å². The summed E-state index contributed by atoms with van der Waals surface area (Å²) in [7, 11) is 1.58. The monoisotopic (exact) mass is 389 g/mol. The molecule has 0 saturated heterocycles. The van der Waals surface area contributed by atoms with Gasteiger partial charge in [-0.2, -0.15) is 0 Å². The molecule has 0 bridgehead atoms. The Morgan fingerprint density at radius 1 is 1.37 bits per heavy atom. The van der Waals surface area contributed by atoms with Gasteiger partial charge >= 0.3 is 6.09 Å². The van der Waals surface area contributed by atoms with Crippen molar-refractivity contribution < 1.29 is 14.4 Å². The molecule has 7 nitrogen and oxygen atoms in total. The maximum atomic E-state index is 13.3. The van der Waals surface area contributed by atoms with Crippen LogP contribution in [0.2, 0.25) is 5.02 Å². The van der Waals surface area contributed by atoms with Crippen LogP contribution in [0.3, 0.4) is 0 Å². The Bertz CT molecular complexity index is 1100. The molecule has 2 heterocycles. The fourth-order valence-electron chi connectivity index (χ4n) is 4.22. The van der Waals surface area contributed by atoms with Crippen molar-refractivity contribution in [3.63, 3.8) is 0 Å². The molecule has 1 aromatic carbocycles. The lowest BCUT2D eigenvalue weighted by Crippen LogP contribution is -2.41. The molecule has 2 atom stereocenters. The quantitative estimate of drug-likeness (QED) is 0.709. The number of hydrogen-bond donors (Lipinski definition) is 1. The second-order valence-electron chi connectivity index (χ2n) is 7.14. The third kappa shape index (κ3) is 2.77. The second kappa shape index (κ2) is 6.56. The zero-order valence-corrected chi connectivity index (χ0v) is 15.9. The Kier molecular flexibility index (Phi) is 4.34. The molecule has 8 heteroatoms. The van der Waals surface area contributed by atoms with Crippen molar-refractivity contribution in [1.29, 1.82) is 0 Å². The number of benzene rings is 1. The summed E-state index contributed by atoms with van der Waals surface area (Å²) in [5.74, 6) is 0.459. The molecule has 1 N–H and O–H groups in total. The maximum absolute atomic E-state index is 13.3. The van der Waals surface area contributed by atoms with Gasteiger partial charge in [0, 0.05) is 24.5 Å². The van der Waals surface area contributed by atoms with Crippen LogP contribution in [-0.4, -0.2) is 38.9 Å². The van der Waals surface area contributed by atoms with Crippen molar-refractivity contribution in [3.8, 4) is 0 Å². The van der Waals surface area contributed by atoms with Crippen molar-refractivity contribution in [1.82, 2.24) is 14.6 Å². The van der Waals surface area contributed by atoms with Gasteiger partial charge in [-0.15, -0.1) is 0 Å². The molecular weight excluding hydrogens is 370 g/mol. The number of fused-ring (bicyclic) bond motifs is 3. The Labute approximate surface area is 160 Å². The van der Waals surface area contributed by atoms with Crippen LogP contribution in [0.5, 0.6) is 0 Å². The molecule has 1 aliphatic carbocycles. The van der Waals surface area contributed by atoms with Crippen molar-refractivity contribution in [2.45, 2.75) is 44.7 Å². The van der Waals surface area contributed by atoms with Crippen molar-refractivity contribution in [2.24, 2.45) is 0 Å². The predicted octanol–water partition coefficient (Wildman–Crippen LogP) is 4.20. The van der Waals surface area contributed by atoms with Crippen LogP contribution >= 0.6 is 11.6 Å². The summed E-state index contributed by atoms with van der Waals surface area (Å²) in [6.07, 6.45) is 2.08. The molecule has 2 aromatic heterocycles. The van der Waals surface area contributed by atoms with Gasteiger partial charge in [0.15, 0.2) is 0 Å². The van der Waals surface area contributed by atoms with E-state index in [1.54, 1.807) is 24.6 Å². The molecule has 142 valence electrons. The number of hydrogen-bond acceptors (Lipinski definition) is 4. The van der Waals surface area contributed by atoms with E-state index in [-0.39, 0.29) is 17.6 Å². The molecule has 1 saturated carbocycles. The van der Waals surface area contributed by atoms with Gasteiger partial charge < -0.3 is 19.1 Å². The molecule has 0 unspecified atom stereocenters. The summed E-state index contributed by atoms with van der Waals surface area (Å²) in [5, 5.41) is 15.0. The third-order valence-electron chi connectivity index (χ3n) is 5.62. The lowest BCUT2D eigenvalue weighted by molar-refractivity contribution is 0.117. The first kappa shape index (κ1) is 17.9. The van der Waals surface area contributed by atoms with E-state index in [0.717, 1.165) is 19.3 Å². The van der Waals surface area contributed by atoms with E-state index in [2.05, 4.69) is 5.16 Å². The fraction of sp³-hybridized carbons (Fsp3) is 0.421. The minimum Gasteiger partial charge on any atom is -0.465 e. The molecule has 1 fully saturated rings. The maximum Gasteiger partial charge on any atom is 0.407 e. The van der Waals surface area contributed by atoms with E-state index in [9.17, 15) is 14.7 Å². The van der Waals surface area contributed by atoms with E-state index in [0.29, 0.717) is 39.0 Å². The highest BCUT2D eigenvalue weighted by atomic mass is 35.5. The van der Waals surface area contributed by atoms with E-state index in [1.807, 2.05) is 12.1 Å². The smallest absolute Gasteiger partial charge is 0.407 e. The normalized spacial score (nSPS) is 20.3. The largest absolute Gasteiger partial charge is 0.465 e. The van der Waals surface area contributed by atoms with E-state index < -0.39 is 6.09 Å². The SMILES string of the molecule is Cc1onc2c1c(=O)n([C@H]1CCC[C@@H](N(C)C(=O)O)C1)c1cccc(Cl)c21. The molecule has 27 heavy (non-hydrogen) atoms. The highest BCUT2D eigenvalue weighted by molar-refractivity contribution is 6.37. The molecule has 0 spiro atoms. The molecule has 0 aliphatic heterocycles. The highest BCUT2D eigenvalue weighted by Crippen LogP contribution is 2.36. The van der Waals surface area contributed by atoms with Crippen LogP contribution in [0.25, 0.3) is 21.8 Å². The van der Waals surface area contributed by atoms with Crippen LogP contribution in [0, 0.1) is 6.92 Å². The summed E-state index contributed by atoms with van der Waals surface area (Å²) >= 11 is 6.45. The average molecular weight is 390 g/mol. The zero-order chi connectivity index (χ0) is 19.3. The minimum atomic E-state index is -0.953. The number of rotatable bonds is 2. The van der Waals surface area contributed by atoms with Crippen LogP contribution < -0.4 is 5.56 Å². The van der Waals surface area contributed by atoms with Crippen molar-refractivity contribution in [3.05, 3.63) is 39.3 Å². The number of carbonyl (C=O) groups is 1. The Hall–Kier alpha value is -2.54. The standard InChI is InChI=1S/C19H20ClN3O4/c1-10-15-17(21-27-10)16-13(20)7-4-8-14(16)23(18(15)24)12-6-3-5-11(9-12)22(2)19(25)26/h4,7-8,11-12H,3,5-6,9H2,1-2H3,(H,25,26)/t11-,12+/m1/s1. The first-order chi connectivity index (χ1) is 12.9. The fourth-order valence-corrected chi connectivity index (χ4v) is 4.48. The zero-order valence-electron chi connectivity index (χ0n) is 15.1. The number of nitrogens with zero attached hydrogens (tertiary/aromatic N) is 3. The van der Waals surface area contributed by atoms with Crippen LogP contribution in [0.1, 0.15) is 37.5 Å². The van der Waals surface area contributed by atoms with Gasteiger partial charge in [-0.25, -0.2) is 4.79 Å². The van der Waals surface area contributed by atoms with Gasteiger partial charge in [0.2, 0.25) is 0 Å². The molecule has 4 rings (SSSR count). The van der Waals surface area contributed by atoms with Crippen molar-refractivity contribution >= 4 is 39.5 Å². The Balaban J connectivity index is 1.94. The average Bonchev–Trinajstić information content (AvgIpc) is 3.03. The highest BCUT2D eigenvalue weighted by Gasteiger charge is 2.31. The molecular formula is C19H20ClN3O4. The second-order valence-corrected chi connectivity index (χ2v) is 7.55. The Morgan fingerprint density at radius 2 is 2.15 bits per heavy atom. The lowest BCUT2D eigenvalue weighted by atomic mass is 9.89. The molecule has 0 radical (unpaired) electrons. The van der Waals surface area contributed by atoms with Crippen LogP contribution in [0.4, 0.5) is 4.79 Å². The van der Waals surface area contributed by atoms with Crippen molar-refractivity contribution in [2.75, 3.05) is 7.05 Å². The van der Waals surface area contributed by atoms with Crippen LogP contribution in [-0.2, 0) is 0 Å². The summed E-state index contributed by atoms with van der Waals surface area (Å²) in [6, 6.07) is 5.20. The Morgan fingerprint density at radius 3 is 2.89 bits per heavy atom. The number of aryl methyl sites for hydroxylation is 1. The summed E-state index contributed by atoms with van der Waals surface area (Å²) in [5.41, 5.74) is 1.02. The van der Waals surface area contributed by atoms with Gasteiger partial charge in [-0.05, 0) is 44.7 Å². The molecule has 1 aliphatic rings. The summed E-state index contributed by atoms with van der Waals surface area (Å²) in [4.78, 5) is 26.0. The van der Waals surface area contributed by atoms with Crippen LogP contribution in [0.15, 0.2) is 27.5 Å². The van der Waals surface area contributed by atoms with E-state index >= 15 is 0 Å². The molecule has 3 aromatic rings. The number of amides is 1. The first-order valence-corrected chi connectivity index (χ1v) is 9.32. The summed E-state index contributed by atoms with van der Waals surface area (Å²) in [6.45, 7) is 1.71. The topological polar surface area (TPSA) is 88.6 Å². The summed E-state index contributed by atoms with van der Waals surface area (Å²) < 4.78 is 7.04. The van der Waals surface area contributed by atoms with Gasteiger partial charge in [0.1, 0.15) is 16.7 Å². The van der Waals surface area contributed by atoms with Gasteiger partial charge in [-0.1, -0.05) is 22.8 Å². The molecule has 1 amide bonds. The third-order valence-corrected chi connectivity index (χ3v) is 5.93. The number of carboxylic acid groups (broad SMARTS) is 1. The number of halogens is 1. The van der Waals surface area contributed by atoms with Gasteiger partial charge in [-0.3, -0.25) is 4.79 Å². The number of aromatic nitrogens is 2. The van der Waals surface area contributed by atoms with Gasteiger partial charge in [0.05, 0.1) is 10.5 Å². The van der Waals surface area contributed by atoms with Gasteiger partial charge in [0.25, 0.3) is 5.56 Å². The number of pyridine rings is 1. The lowest BCUT2D eigenvalue weighted by Gasteiger charge is -2.35. The van der Waals surface area contributed by atoms with E-state index in [4.69, 9.17) is 16.1 Å². The predicted molar refractivity (Wildman–Crippen MR) is 103 cm³/mol.